The Labute approximate surface area is 143 Å². The van der Waals surface area contributed by atoms with Crippen molar-refractivity contribution in [3.63, 3.8) is 0 Å². The molecule has 1 aromatic carbocycles. The highest BCUT2D eigenvalue weighted by Gasteiger charge is 2.25. The minimum atomic E-state index is -0.00316. The van der Waals surface area contributed by atoms with Crippen molar-refractivity contribution in [1.82, 2.24) is 9.80 Å². The van der Waals surface area contributed by atoms with E-state index in [0.29, 0.717) is 38.2 Å². The number of ketones is 1. The molecule has 22 heavy (non-hydrogen) atoms. The maximum Gasteiger partial charge on any atom is 0.255 e. The minimum Gasteiger partial charge on any atom is -0.339 e. The molecular formula is C16H19IN2O3. The highest BCUT2D eigenvalue weighted by Crippen LogP contribution is 2.15. The van der Waals surface area contributed by atoms with Crippen LogP contribution in [0.1, 0.15) is 30.1 Å². The topological polar surface area (TPSA) is 57.7 Å². The Morgan fingerprint density at radius 3 is 2.18 bits per heavy atom. The molecule has 0 aromatic heterocycles. The summed E-state index contributed by atoms with van der Waals surface area (Å²) in [6.07, 6.45) is 0.556. The molecule has 2 amide bonds. The Morgan fingerprint density at radius 1 is 1.00 bits per heavy atom. The second-order valence-electron chi connectivity index (χ2n) is 5.35. The van der Waals surface area contributed by atoms with Crippen molar-refractivity contribution in [3.05, 3.63) is 33.4 Å². The van der Waals surface area contributed by atoms with E-state index in [9.17, 15) is 14.4 Å². The van der Waals surface area contributed by atoms with Crippen molar-refractivity contribution in [1.29, 1.82) is 0 Å². The van der Waals surface area contributed by atoms with Crippen molar-refractivity contribution in [2.24, 2.45) is 0 Å². The Morgan fingerprint density at radius 2 is 1.59 bits per heavy atom. The lowest BCUT2D eigenvalue weighted by molar-refractivity contribution is -0.134. The van der Waals surface area contributed by atoms with E-state index in [1.807, 2.05) is 24.3 Å². The molecule has 1 heterocycles. The van der Waals surface area contributed by atoms with Crippen LogP contribution in [-0.4, -0.2) is 53.6 Å². The van der Waals surface area contributed by atoms with E-state index in [1.165, 1.54) is 6.92 Å². The molecule has 0 N–H and O–H groups in total. The van der Waals surface area contributed by atoms with Gasteiger partial charge in [0, 0.05) is 42.6 Å². The van der Waals surface area contributed by atoms with Gasteiger partial charge in [0.05, 0.1) is 5.56 Å². The molecule has 1 aromatic rings. The third-order valence-electron chi connectivity index (χ3n) is 3.71. The zero-order valence-corrected chi connectivity index (χ0v) is 14.7. The first-order valence-corrected chi connectivity index (χ1v) is 8.38. The quantitative estimate of drug-likeness (QED) is 0.708. The summed E-state index contributed by atoms with van der Waals surface area (Å²) in [5.74, 6) is 0.0400. The van der Waals surface area contributed by atoms with Crippen LogP contribution in [0.4, 0.5) is 0 Å². The summed E-state index contributed by atoms with van der Waals surface area (Å²) in [7, 11) is 0. The van der Waals surface area contributed by atoms with Gasteiger partial charge in [-0.3, -0.25) is 9.59 Å². The fourth-order valence-corrected chi connectivity index (χ4v) is 3.02. The molecule has 1 aliphatic rings. The van der Waals surface area contributed by atoms with Gasteiger partial charge >= 0.3 is 0 Å². The average molecular weight is 414 g/mol. The Bertz CT molecular complexity index is 581. The van der Waals surface area contributed by atoms with Crippen molar-refractivity contribution in [3.8, 4) is 0 Å². The summed E-state index contributed by atoms with van der Waals surface area (Å²) in [5.41, 5.74) is 0.708. The van der Waals surface area contributed by atoms with Crippen LogP contribution in [0.15, 0.2) is 24.3 Å². The van der Waals surface area contributed by atoms with Crippen molar-refractivity contribution >= 4 is 40.2 Å². The van der Waals surface area contributed by atoms with Crippen LogP contribution >= 0.6 is 22.6 Å². The minimum absolute atomic E-state index is 0.00316. The largest absolute Gasteiger partial charge is 0.339 e. The number of nitrogens with zero attached hydrogens (tertiary/aromatic N) is 2. The van der Waals surface area contributed by atoms with Gasteiger partial charge in [0.25, 0.3) is 5.91 Å². The summed E-state index contributed by atoms with van der Waals surface area (Å²) < 4.78 is 0.935. The second kappa shape index (κ2) is 7.71. The van der Waals surface area contributed by atoms with E-state index < -0.39 is 0 Å². The van der Waals surface area contributed by atoms with Crippen LogP contribution in [0, 0.1) is 3.57 Å². The first-order chi connectivity index (χ1) is 10.5. The number of piperazine rings is 1. The summed E-state index contributed by atoms with van der Waals surface area (Å²) in [6.45, 7) is 3.63. The van der Waals surface area contributed by atoms with Gasteiger partial charge in [-0.25, -0.2) is 0 Å². The molecule has 0 radical (unpaired) electrons. The smallest absolute Gasteiger partial charge is 0.255 e. The zero-order valence-electron chi connectivity index (χ0n) is 12.5. The molecule has 6 heteroatoms. The summed E-state index contributed by atoms with van der Waals surface area (Å²) >= 11 is 2.16. The van der Waals surface area contributed by atoms with Gasteiger partial charge in [-0.2, -0.15) is 0 Å². The molecule has 1 saturated heterocycles. The highest BCUT2D eigenvalue weighted by molar-refractivity contribution is 14.1. The Kier molecular flexibility index (Phi) is 5.93. The predicted molar refractivity (Wildman–Crippen MR) is 91.6 cm³/mol. The van der Waals surface area contributed by atoms with E-state index in [-0.39, 0.29) is 24.0 Å². The van der Waals surface area contributed by atoms with Crippen LogP contribution < -0.4 is 0 Å². The van der Waals surface area contributed by atoms with E-state index >= 15 is 0 Å². The molecule has 0 unspecified atom stereocenters. The number of amides is 2. The molecule has 1 fully saturated rings. The normalized spacial score (nSPS) is 14.8. The second-order valence-corrected chi connectivity index (χ2v) is 6.52. The molecule has 1 aliphatic heterocycles. The summed E-state index contributed by atoms with van der Waals surface area (Å²) in [4.78, 5) is 38.9. The van der Waals surface area contributed by atoms with Crippen LogP contribution in [0.3, 0.4) is 0 Å². The van der Waals surface area contributed by atoms with E-state index in [2.05, 4.69) is 22.6 Å². The first kappa shape index (κ1) is 16.9. The Hall–Kier alpha value is -1.44. The van der Waals surface area contributed by atoms with Gasteiger partial charge in [-0.05, 0) is 41.6 Å². The van der Waals surface area contributed by atoms with Gasteiger partial charge < -0.3 is 14.6 Å². The molecule has 0 saturated carbocycles. The monoisotopic (exact) mass is 414 g/mol. The van der Waals surface area contributed by atoms with Crippen LogP contribution in [0.2, 0.25) is 0 Å². The van der Waals surface area contributed by atoms with E-state index in [4.69, 9.17) is 0 Å². The number of benzene rings is 1. The van der Waals surface area contributed by atoms with Crippen molar-refractivity contribution in [2.45, 2.75) is 19.8 Å². The fourth-order valence-electron chi connectivity index (χ4n) is 2.41. The SMILES string of the molecule is CC(=O)CCC(=O)N1CCN(C(=O)c2ccccc2I)CC1. The zero-order chi connectivity index (χ0) is 16.1. The number of carbonyl (C=O) groups excluding carboxylic acids is 3. The number of Topliss-reactive ketones (excluding diaryl/α,β-unsaturated/α-hetero) is 1. The van der Waals surface area contributed by atoms with Gasteiger partial charge in [-0.1, -0.05) is 12.1 Å². The maximum absolute atomic E-state index is 12.5. The molecule has 0 atom stereocenters. The lowest BCUT2D eigenvalue weighted by Crippen LogP contribution is -2.50. The number of hydrogen-bond donors (Lipinski definition) is 0. The van der Waals surface area contributed by atoms with Crippen LogP contribution in [0.5, 0.6) is 0 Å². The fraction of sp³-hybridized carbons (Fsp3) is 0.438. The summed E-state index contributed by atoms with van der Waals surface area (Å²) in [5, 5.41) is 0. The average Bonchev–Trinajstić information content (AvgIpc) is 2.52. The number of rotatable bonds is 4. The first-order valence-electron chi connectivity index (χ1n) is 7.30. The summed E-state index contributed by atoms with van der Waals surface area (Å²) in [6, 6.07) is 7.50. The van der Waals surface area contributed by atoms with E-state index in [1.54, 1.807) is 9.80 Å². The standard InChI is InChI=1S/C16H19IN2O3/c1-12(20)6-7-15(21)18-8-10-19(11-9-18)16(22)13-4-2-3-5-14(13)17/h2-5H,6-11H2,1H3. The molecular weight excluding hydrogens is 395 g/mol. The number of hydrogen-bond acceptors (Lipinski definition) is 3. The Balaban J connectivity index is 1.89. The van der Waals surface area contributed by atoms with Crippen LogP contribution in [0.25, 0.3) is 0 Å². The molecule has 0 aliphatic carbocycles. The lowest BCUT2D eigenvalue weighted by atomic mass is 10.1. The number of halogens is 1. The number of carbonyl (C=O) groups is 3. The van der Waals surface area contributed by atoms with Gasteiger partial charge in [-0.15, -0.1) is 0 Å². The molecule has 5 nitrogen and oxygen atoms in total. The predicted octanol–water partition coefficient (Wildman–Crippen LogP) is 1.94. The van der Waals surface area contributed by atoms with Crippen molar-refractivity contribution in [2.75, 3.05) is 26.2 Å². The van der Waals surface area contributed by atoms with Crippen LogP contribution in [-0.2, 0) is 9.59 Å². The maximum atomic E-state index is 12.5. The lowest BCUT2D eigenvalue weighted by Gasteiger charge is -2.35. The van der Waals surface area contributed by atoms with Gasteiger partial charge in [0.1, 0.15) is 5.78 Å². The van der Waals surface area contributed by atoms with E-state index in [0.717, 1.165) is 3.57 Å². The third kappa shape index (κ3) is 4.28. The third-order valence-corrected chi connectivity index (χ3v) is 4.66. The highest BCUT2D eigenvalue weighted by atomic mass is 127. The van der Waals surface area contributed by atoms with Gasteiger partial charge in [0.15, 0.2) is 0 Å². The molecule has 0 spiro atoms. The molecule has 118 valence electrons. The molecule has 0 bridgehead atoms. The molecule has 2 rings (SSSR count). The van der Waals surface area contributed by atoms with Gasteiger partial charge in [0.2, 0.25) is 5.91 Å². The van der Waals surface area contributed by atoms with Crippen molar-refractivity contribution < 1.29 is 14.4 Å².